The van der Waals surface area contributed by atoms with Gasteiger partial charge >= 0.3 is 0 Å². The van der Waals surface area contributed by atoms with E-state index in [1.54, 1.807) is 13.0 Å². The minimum absolute atomic E-state index is 0.123. The lowest BCUT2D eigenvalue weighted by molar-refractivity contribution is -0.112. The van der Waals surface area contributed by atoms with Gasteiger partial charge < -0.3 is 4.74 Å². The van der Waals surface area contributed by atoms with Crippen molar-refractivity contribution in [3.63, 3.8) is 0 Å². The number of likely N-dealkylation sites (tertiary alicyclic amines) is 1. The second kappa shape index (κ2) is 4.45. The van der Waals surface area contributed by atoms with Gasteiger partial charge in [0, 0.05) is 19.1 Å². The van der Waals surface area contributed by atoms with Gasteiger partial charge in [-0.1, -0.05) is 6.08 Å². The highest BCUT2D eigenvalue weighted by molar-refractivity contribution is 5.87. The molecule has 0 amide bonds. The van der Waals surface area contributed by atoms with Gasteiger partial charge in [-0.2, -0.15) is 0 Å². The number of nitrogens with zero attached hydrogens (tertiary/aromatic N) is 1. The van der Waals surface area contributed by atoms with Crippen LogP contribution in [-0.2, 0) is 9.53 Å². The quantitative estimate of drug-likeness (QED) is 0.658. The lowest BCUT2D eigenvalue weighted by atomic mass is 10.2. The van der Waals surface area contributed by atoms with Crippen molar-refractivity contribution < 1.29 is 9.53 Å². The molecule has 2 saturated heterocycles. The number of fused-ring (bicyclic) bond motifs is 2. The van der Waals surface area contributed by atoms with Crippen LogP contribution in [-0.4, -0.2) is 42.0 Å². The second-order valence-corrected chi connectivity index (χ2v) is 4.62. The van der Waals surface area contributed by atoms with Gasteiger partial charge in [0.2, 0.25) is 0 Å². The minimum Gasteiger partial charge on any atom is -0.372 e. The molecule has 0 saturated carbocycles. The van der Waals surface area contributed by atoms with Crippen LogP contribution in [0.5, 0.6) is 0 Å². The minimum atomic E-state index is 0.123. The van der Waals surface area contributed by atoms with E-state index >= 15 is 0 Å². The number of carbonyl (C=O) groups excluding carboxylic acids is 1. The second-order valence-electron chi connectivity index (χ2n) is 4.62. The number of ketones is 1. The summed E-state index contributed by atoms with van der Waals surface area (Å²) in [4.78, 5) is 13.2. The Balaban J connectivity index is 1.91. The summed E-state index contributed by atoms with van der Waals surface area (Å²) in [6.07, 6.45) is 6.91. The van der Waals surface area contributed by atoms with Gasteiger partial charge in [-0.3, -0.25) is 9.69 Å². The van der Waals surface area contributed by atoms with Gasteiger partial charge in [-0.05, 0) is 32.8 Å². The van der Waals surface area contributed by atoms with Gasteiger partial charge in [0.15, 0.2) is 5.78 Å². The summed E-state index contributed by atoms with van der Waals surface area (Å²) in [5.74, 6) is 0.123. The van der Waals surface area contributed by atoms with Gasteiger partial charge in [0.05, 0.1) is 12.2 Å². The first-order valence-corrected chi connectivity index (χ1v) is 5.73. The van der Waals surface area contributed by atoms with Crippen molar-refractivity contribution >= 4 is 5.78 Å². The molecule has 3 nitrogen and oxygen atoms in total. The zero-order chi connectivity index (χ0) is 10.8. The fourth-order valence-corrected chi connectivity index (χ4v) is 2.38. The Morgan fingerprint density at radius 1 is 1.40 bits per heavy atom. The maximum Gasteiger partial charge on any atom is 0.152 e. The smallest absolute Gasteiger partial charge is 0.152 e. The molecule has 0 N–H and O–H groups in total. The molecule has 84 valence electrons. The number of ether oxygens (including phenoxy) is 1. The zero-order valence-electron chi connectivity index (χ0n) is 9.48. The summed E-state index contributed by atoms with van der Waals surface area (Å²) >= 11 is 0. The van der Waals surface area contributed by atoms with E-state index in [1.165, 1.54) is 12.8 Å². The Morgan fingerprint density at radius 3 is 2.53 bits per heavy atom. The normalized spacial score (nSPS) is 33.5. The Labute approximate surface area is 91.1 Å². The largest absolute Gasteiger partial charge is 0.372 e. The number of allylic oxidation sites excluding steroid dienone is 1. The molecular weight excluding hydrogens is 190 g/mol. The molecule has 3 unspecified atom stereocenters. The maximum absolute atomic E-state index is 10.8. The average Bonchev–Trinajstić information content (AvgIpc) is 2.54. The van der Waals surface area contributed by atoms with Crippen LogP contribution in [0.2, 0.25) is 0 Å². The predicted molar refractivity (Wildman–Crippen MR) is 58.8 cm³/mol. The molecule has 0 aromatic heterocycles. The SMILES string of the molecule is CC(=O)/C=C/C(C)N1CC2CCC(C1)O2. The molecule has 2 bridgehead atoms. The van der Waals surface area contributed by atoms with Crippen molar-refractivity contribution in [2.24, 2.45) is 0 Å². The van der Waals surface area contributed by atoms with Crippen molar-refractivity contribution in [1.29, 1.82) is 0 Å². The van der Waals surface area contributed by atoms with E-state index in [-0.39, 0.29) is 5.78 Å². The Kier molecular flexibility index (Phi) is 3.22. The highest BCUT2D eigenvalue weighted by Crippen LogP contribution is 2.27. The number of rotatable bonds is 3. The van der Waals surface area contributed by atoms with Gasteiger partial charge in [-0.15, -0.1) is 0 Å². The summed E-state index contributed by atoms with van der Waals surface area (Å²) in [5, 5.41) is 0. The lowest BCUT2D eigenvalue weighted by Crippen LogP contribution is -2.46. The van der Waals surface area contributed by atoms with Crippen molar-refractivity contribution in [3.05, 3.63) is 12.2 Å². The van der Waals surface area contributed by atoms with E-state index in [0.29, 0.717) is 18.2 Å². The lowest BCUT2D eigenvalue weighted by Gasteiger charge is -2.35. The third kappa shape index (κ3) is 2.67. The first-order valence-electron chi connectivity index (χ1n) is 5.73. The summed E-state index contributed by atoms with van der Waals surface area (Å²) in [7, 11) is 0. The number of hydrogen-bond donors (Lipinski definition) is 0. The molecule has 2 heterocycles. The van der Waals surface area contributed by atoms with Gasteiger partial charge in [-0.25, -0.2) is 0 Å². The van der Waals surface area contributed by atoms with Gasteiger partial charge in [0.1, 0.15) is 0 Å². The number of morpholine rings is 1. The van der Waals surface area contributed by atoms with E-state index in [1.807, 2.05) is 6.08 Å². The zero-order valence-corrected chi connectivity index (χ0v) is 9.48. The fraction of sp³-hybridized carbons (Fsp3) is 0.750. The van der Waals surface area contributed by atoms with E-state index < -0.39 is 0 Å². The van der Waals surface area contributed by atoms with Crippen LogP contribution in [0.3, 0.4) is 0 Å². The van der Waals surface area contributed by atoms with E-state index in [9.17, 15) is 4.79 Å². The molecule has 0 spiro atoms. The monoisotopic (exact) mass is 209 g/mol. The molecule has 2 rings (SSSR count). The van der Waals surface area contributed by atoms with Crippen LogP contribution >= 0.6 is 0 Å². The Morgan fingerprint density at radius 2 is 2.00 bits per heavy atom. The van der Waals surface area contributed by atoms with Crippen LogP contribution in [0.1, 0.15) is 26.7 Å². The van der Waals surface area contributed by atoms with Crippen LogP contribution < -0.4 is 0 Å². The first kappa shape index (κ1) is 10.8. The van der Waals surface area contributed by atoms with Gasteiger partial charge in [0.25, 0.3) is 0 Å². The molecule has 2 aliphatic rings. The van der Waals surface area contributed by atoms with Crippen molar-refractivity contribution in [2.45, 2.75) is 44.9 Å². The molecular formula is C12H19NO2. The molecule has 0 aromatic rings. The van der Waals surface area contributed by atoms with Crippen LogP contribution in [0.25, 0.3) is 0 Å². The van der Waals surface area contributed by atoms with Crippen molar-refractivity contribution in [3.8, 4) is 0 Å². The molecule has 0 aromatic carbocycles. The highest BCUT2D eigenvalue weighted by atomic mass is 16.5. The van der Waals surface area contributed by atoms with Crippen LogP contribution in [0.15, 0.2) is 12.2 Å². The molecule has 2 fully saturated rings. The number of hydrogen-bond acceptors (Lipinski definition) is 3. The fourth-order valence-electron chi connectivity index (χ4n) is 2.38. The molecule has 15 heavy (non-hydrogen) atoms. The topological polar surface area (TPSA) is 29.5 Å². The van der Waals surface area contributed by atoms with Crippen molar-refractivity contribution in [2.75, 3.05) is 13.1 Å². The Bertz CT molecular complexity index is 263. The predicted octanol–water partition coefficient (Wildman–Crippen LogP) is 1.38. The van der Waals surface area contributed by atoms with Crippen molar-refractivity contribution in [1.82, 2.24) is 4.90 Å². The summed E-state index contributed by atoms with van der Waals surface area (Å²) in [6.45, 7) is 5.76. The molecule has 0 aliphatic carbocycles. The average molecular weight is 209 g/mol. The van der Waals surface area contributed by atoms with E-state index in [4.69, 9.17) is 4.74 Å². The highest BCUT2D eigenvalue weighted by Gasteiger charge is 2.34. The molecule has 2 aliphatic heterocycles. The third-order valence-corrected chi connectivity index (χ3v) is 3.26. The third-order valence-electron chi connectivity index (χ3n) is 3.26. The molecule has 0 radical (unpaired) electrons. The standard InChI is InChI=1S/C12H19NO2/c1-9(3-4-10(2)14)13-7-11-5-6-12(8-13)15-11/h3-4,9,11-12H,5-8H2,1-2H3/b4-3+. The maximum atomic E-state index is 10.8. The number of carbonyl (C=O) groups is 1. The Hall–Kier alpha value is -0.670. The van der Waals surface area contributed by atoms with E-state index in [0.717, 1.165) is 13.1 Å². The van der Waals surface area contributed by atoms with Crippen LogP contribution in [0, 0.1) is 0 Å². The summed E-state index contributed by atoms with van der Waals surface area (Å²) in [6, 6.07) is 0.348. The summed E-state index contributed by atoms with van der Waals surface area (Å²) < 4.78 is 5.77. The summed E-state index contributed by atoms with van der Waals surface area (Å²) in [5.41, 5.74) is 0. The van der Waals surface area contributed by atoms with Crippen LogP contribution in [0.4, 0.5) is 0 Å². The first-order chi connectivity index (χ1) is 7.15. The molecule has 3 atom stereocenters. The van der Waals surface area contributed by atoms with E-state index in [2.05, 4.69) is 11.8 Å². The molecule has 3 heteroatoms.